The van der Waals surface area contributed by atoms with E-state index in [0.29, 0.717) is 10.8 Å². The second-order valence-corrected chi connectivity index (χ2v) is 4.89. The van der Waals surface area contributed by atoms with Gasteiger partial charge in [0.25, 0.3) is 0 Å². The van der Waals surface area contributed by atoms with Gasteiger partial charge in [-0.25, -0.2) is 0 Å². The van der Waals surface area contributed by atoms with Crippen LogP contribution in [0, 0.1) is 0 Å². The first-order valence-electron chi connectivity index (χ1n) is 6.49. The topological polar surface area (TPSA) is 75.9 Å². The molecule has 2 aromatic carbocycles. The molecule has 0 fully saturated rings. The number of nitrogens with one attached hydrogen (secondary N) is 1. The normalized spacial score (nSPS) is 11.0. The van der Waals surface area contributed by atoms with Crippen molar-refractivity contribution >= 4 is 23.4 Å². The summed E-state index contributed by atoms with van der Waals surface area (Å²) in [7, 11) is 0. The van der Waals surface area contributed by atoms with Crippen LogP contribution < -0.4 is 5.32 Å². The van der Waals surface area contributed by atoms with Gasteiger partial charge >= 0.3 is 0 Å². The fourth-order valence-corrected chi connectivity index (χ4v) is 1.96. The lowest BCUT2D eigenvalue weighted by Gasteiger charge is -2.02. The van der Waals surface area contributed by atoms with Gasteiger partial charge < -0.3 is 10.4 Å². The summed E-state index contributed by atoms with van der Waals surface area (Å²) in [5.41, 5.74) is 1.67. The number of tetrazole rings is 1. The van der Waals surface area contributed by atoms with Crippen LogP contribution in [0.15, 0.2) is 54.7 Å². The number of benzene rings is 2. The summed E-state index contributed by atoms with van der Waals surface area (Å²) in [5.74, 6) is 0.801. The Balaban J connectivity index is 1.76. The van der Waals surface area contributed by atoms with Crippen molar-refractivity contribution < 1.29 is 5.11 Å². The molecular formula is C15H12ClN5O. The van der Waals surface area contributed by atoms with E-state index in [4.69, 9.17) is 11.6 Å². The van der Waals surface area contributed by atoms with Gasteiger partial charge in [0.15, 0.2) is 5.82 Å². The maximum absolute atomic E-state index is 9.23. The highest BCUT2D eigenvalue weighted by Gasteiger charge is 2.04. The van der Waals surface area contributed by atoms with Gasteiger partial charge in [0.2, 0.25) is 0 Å². The second-order valence-electron chi connectivity index (χ2n) is 4.45. The van der Waals surface area contributed by atoms with Crippen LogP contribution in [-0.4, -0.2) is 25.3 Å². The Hall–Kier alpha value is -2.86. The monoisotopic (exact) mass is 313 g/mol. The molecule has 0 saturated carbocycles. The van der Waals surface area contributed by atoms with Crippen molar-refractivity contribution in [3.63, 3.8) is 0 Å². The molecule has 0 aliphatic carbocycles. The lowest BCUT2D eigenvalue weighted by Crippen LogP contribution is -1.99. The van der Waals surface area contributed by atoms with E-state index in [1.807, 2.05) is 12.1 Å². The predicted molar refractivity (Wildman–Crippen MR) is 84.9 cm³/mol. The summed E-state index contributed by atoms with van der Waals surface area (Å²) in [6.45, 7) is 0. The van der Waals surface area contributed by atoms with Crippen LogP contribution in [0.3, 0.4) is 0 Å². The number of rotatable bonds is 4. The lowest BCUT2D eigenvalue weighted by molar-refractivity contribution is 0.475. The summed E-state index contributed by atoms with van der Waals surface area (Å²) in [4.78, 5) is 0. The zero-order valence-electron chi connectivity index (χ0n) is 11.4. The van der Waals surface area contributed by atoms with E-state index in [1.54, 1.807) is 53.4 Å². The molecule has 3 aromatic rings. The Bertz CT molecular complexity index is 780. The van der Waals surface area contributed by atoms with E-state index in [9.17, 15) is 5.11 Å². The molecule has 0 radical (unpaired) electrons. The van der Waals surface area contributed by atoms with Gasteiger partial charge in [-0.05, 0) is 59.0 Å². The highest BCUT2D eigenvalue weighted by atomic mass is 35.5. The minimum absolute atomic E-state index is 0.223. The quantitative estimate of drug-likeness (QED) is 0.724. The van der Waals surface area contributed by atoms with Crippen molar-refractivity contribution in [2.45, 2.75) is 0 Å². The zero-order valence-corrected chi connectivity index (χ0v) is 12.1. The fourth-order valence-electron chi connectivity index (χ4n) is 1.83. The summed E-state index contributed by atoms with van der Waals surface area (Å²) in [6, 6.07) is 14.0. The number of halogens is 1. The average Bonchev–Trinajstić information content (AvgIpc) is 2.98. The van der Waals surface area contributed by atoms with Crippen molar-refractivity contribution in [1.29, 1.82) is 0 Å². The minimum Gasteiger partial charge on any atom is -0.508 e. The molecule has 0 amide bonds. The third kappa shape index (κ3) is 3.24. The first kappa shape index (κ1) is 14.1. The third-order valence-electron chi connectivity index (χ3n) is 2.91. The van der Waals surface area contributed by atoms with E-state index in [2.05, 4.69) is 20.8 Å². The fraction of sp³-hybridized carbons (Fsp3) is 0. The Labute approximate surface area is 131 Å². The van der Waals surface area contributed by atoms with Crippen molar-refractivity contribution in [3.8, 4) is 11.4 Å². The number of anilines is 1. The number of nitrogens with zero attached hydrogens (tertiary/aromatic N) is 4. The van der Waals surface area contributed by atoms with Gasteiger partial charge in [-0.15, -0.1) is 5.10 Å². The van der Waals surface area contributed by atoms with Crippen molar-refractivity contribution in [1.82, 2.24) is 20.2 Å². The molecule has 6 nitrogen and oxygen atoms in total. The number of phenols is 1. The van der Waals surface area contributed by atoms with Gasteiger partial charge in [-0.3, -0.25) is 0 Å². The van der Waals surface area contributed by atoms with Gasteiger partial charge in [0.1, 0.15) is 5.75 Å². The van der Waals surface area contributed by atoms with Gasteiger partial charge in [-0.2, -0.15) is 4.68 Å². The molecule has 22 heavy (non-hydrogen) atoms. The predicted octanol–water partition coefficient (Wildman–Crippen LogP) is 3.10. The molecule has 3 rings (SSSR count). The second kappa shape index (κ2) is 6.28. The van der Waals surface area contributed by atoms with E-state index < -0.39 is 0 Å². The summed E-state index contributed by atoms with van der Waals surface area (Å²) < 4.78 is 1.60. The van der Waals surface area contributed by atoms with Gasteiger partial charge in [-0.1, -0.05) is 11.6 Å². The van der Waals surface area contributed by atoms with Crippen molar-refractivity contribution in [3.05, 3.63) is 65.6 Å². The average molecular weight is 314 g/mol. The summed E-state index contributed by atoms with van der Waals surface area (Å²) >= 11 is 5.87. The molecule has 0 atom stereocenters. The Kier molecular flexibility index (Phi) is 4.02. The van der Waals surface area contributed by atoms with E-state index in [0.717, 1.165) is 11.4 Å². The Morgan fingerprint density at radius 3 is 2.50 bits per heavy atom. The van der Waals surface area contributed by atoms with E-state index in [-0.39, 0.29) is 5.75 Å². The van der Waals surface area contributed by atoms with Crippen molar-refractivity contribution in [2.75, 3.05) is 5.32 Å². The maximum Gasteiger partial charge on any atom is 0.181 e. The van der Waals surface area contributed by atoms with Crippen LogP contribution in [-0.2, 0) is 0 Å². The molecule has 110 valence electrons. The number of hydrogen-bond acceptors (Lipinski definition) is 5. The molecule has 0 spiro atoms. The Morgan fingerprint density at radius 2 is 1.77 bits per heavy atom. The molecule has 0 bridgehead atoms. The van der Waals surface area contributed by atoms with E-state index in [1.165, 1.54) is 0 Å². The third-order valence-corrected chi connectivity index (χ3v) is 3.17. The van der Waals surface area contributed by atoms with Crippen LogP contribution in [0.1, 0.15) is 5.82 Å². The van der Waals surface area contributed by atoms with E-state index >= 15 is 0 Å². The molecule has 0 aliphatic heterocycles. The van der Waals surface area contributed by atoms with Crippen molar-refractivity contribution in [2.24, 2.45) is 0 Å². The maximum atomic E-state index is 9.23. The molecule has 1 heterocycles. The zero-order chi connectivity index (χ0) is 15.4. The molecule has 7 heteroatoms. The highest BCUT2D eigenvalue weighted by molar-refractivity contribution is 6.30. The van der Waals surface area contributed by atoms with Gasteiger partial charge in [0, 0.05) is 23.0 Å². The standard InChI is InChI=1S/C15H12ClN5O/c16-11-1-5-13(6-2-11)21-15(18-19-20-21)9-10-17-12-3-7-14(22)8-4-12/h1-10,17,22H/b10-9-. The van der Waals surface area contributed by atoms with Crippen LogP contribution in [0.5, 0.6) is 5.75 Å². The molecule has 2 N–H and O–H groups in total. The number of hydrogen-bond donors (Lipinski definition) is 2. The smallest absolute Gasteiger partial charge is 0.181 e. The highest BCUT2D eigenvalue weighted by Crippen LogP contribution is 2.15. The number of aromatic nitrogens is 4. The van der Waals surface area contributed by atoms with Gasteiger partial charge in [0.05, 0.1) is 5.69 Å². The minimum atomic E-state index is 0.223. The first-order valence-corrected chi connectivity index (χ1v) is 6.86. The largest absolute Gasteiger partial charge is 0.508 e. The molecule has 0 saturated heterocycles. The Morgan fingerprint density at radius 1 is 1.05 bits per heavy atom. The van der Waals surface area contributed by atoms with Crippen LogP contribution >= 0.6 is 11.6 Å². The molecule has 0 aliphatic rings. The van der Waals surface area contributed by atoms with Crippen LogP contribution in [0.25, 0.3) is 11.8 Å². The van der Waals surface area contributed by atoms with Crippen LogP contribution in [0.2, 0.25) is 5.02 Å². The molecule has 1 aromatic heterocycles. The first-order chi connectivity index (χ1) is 10.7. The summed E-state index contributed by atoms with van der Waals surface area (Å²) in [6.07, 6.45) is 3.48. The molecule has 0 unspecified atom stereocenters. The SMILES string of the molecule is Oc1ccc(N/C=C\c2nnnn2-c2ccc(Cl)cc2)cc1. The number of aromatic hydroxyl groups is 1. The summed E-state index contributed by atoms with van der Waals surface area (Å²) in [5, 5.41) is 24.6. The lowest BCUT2D eigenvalue weighted by atomic mass is 10.3. The number of phenolic OH excluding ortho intramolecular Hbond substituents is 1. The van der Waals surface area contributed by atoms with Crippen LogP contribution in [0.4, 0.5) is 5.69 Å². The molecular weight excluding hydrogens is 302 g/mol.